The maximum atomic E-state index is 12.8. The largest absolute Gasteiger partial charge is 0.289 e. The van der Waals surface area contributed by atoms with E-state index in [1.165, 1.54) is 0 Å². The van der Waals surface area contributed by atoms with E-state index in [1.54, 1.807) is 54.6 Å². The molecule has 1 aliphatic carbocycles. The van der Waals surface area contributed by atoms with Crippen LogP contribution in [-0.4, -0.2) is 11.6 Å². The highest BCUT2D eigenvalue weighted by Gasteiger charge is 2.31. The zero-order valence-corrected chi connectivity index (χ0v) is 11.5. The molecule has 1 aliphatic rings. The predicted molar refractivity (Wildman–Crippen MR) is 83.5 cm³/mol. The van der Waals surface area contributed by atoms with Crippen LogP contribution in [0.5, 0.6) is 0 Å². The van der Waals surface area contributed by atoms with Gasteiger partial charge in [-0.2, -0.15) is 0 Å². The highest BCUT2D eigenvalue weighted by atomic mass is 16.1. The van der Waals surface area contributed by atoms with Crippen LogP contribution in [0.25, 0.3) is 10.8 Å². The summed E-state index contributed by atoms with van der Waals surface area (Å²) in [5.41, 5.74) is 0.431. The van der Waals surface area contributed by atoms with Crippen LogP contribution < -0.4 is 5.43 Å². The summed E-state index contributed by atoms with van der Waals surface area (Å²) in [7, 11) is 0. The first-order chi connectivity index (χ1) is 10.7. The third kappa shape index (κ3) is 1.59. The highest BCUT2D eigenvalue weighted by Crippen LogP contribution is 2.26. The average molecular weight is 286 g/mol. The molecule has 104 valence electrons. The fourth-order valence-electron chi connectivity index (χ4n) is 2.94. The summed E-state index contributed by atoms with van der Waals surface area (Å²) in [4.78, 5) is 38.1. The molecule has 0 bridgehead atoms. The van der Waals surface area contributed by atoms with E-state index in [0.717, 1.165) is 0 Å². The molecule has 0 atom stereocenters. The molecular weight excluding hydrogens is 276 g/mol. The molecule has 0 fully saturated rings. The van der Waals surface area contributed by atoms with Gasteiger partial charge in [0.1, 0.15) is 0 Å². The predicted octanol–water partition coefficient (Wildman–Crippen LogP) is 2.98. The molecule has 22 heavy (non-hydrogen) atoms. The maximum absolute atomic E-state index is 12.8. The Morgan fingerprint density at radius 2 is 1.18 bits per heavy atom. The van der Waals surface area contributed by atoms with Crippen LogP contribution in [-0.2, 0) is 0 Å². The third-order valence-electron chi connectivity index (χ3n) is 4.02. The van der Waals surface area contributed by atoms with E-state index in [-0.39, 0.29) is 28.1 Å². The Bertz CT molecular complexity index is 1030. The second-order valence-electron chi connectivity index (χ2n) is 5.24. The van der Waals surface area contributed by atoms with Gasteiger partial charge in [-0.25, -0.2) is 0 Å². The lowest BCUT2D eigenvalue weighted by Crippen LogP contribution is -2.26. The Kier molecular flexibility index (Phi) is 2.57. The quantitative estimate of drug-likeness (QED) is 0.499. The Balaban J connectivity index is 2.19. The molecule has 0 aromatic heterocycles. The number of rotatable bonds is 0. The maximum Gasteiger partial charge on any atom is 0.198 e. The number of fused-ring (bicyclic) bond motifs is 3. The number of carbonyl (C=O) groups excluding carboxylic acids is 2. The summed E-state index contributed by atoms with van der Waals surface area (Å²) in [5.74, 6) is -0.654. The minimum Gasteiger partial charge on any atom is -0.289 e. The van der Waals surface area contributed by atoms with E-state index in [9.17, 15) is 14.4 Å². The zero-order chi connectivity index (χ0) is 15.3. The Hall–Kier alpha value is -3.07. The van der Waals surface area contributed by atoms with Gasteiger partial charge in [-0.3, -0.25) is 14.4 Å². The number of hydrogen-bond acceptors (Lipinski definition) is 3. The standard InChI is InChI=1S/C19H10O3/c20-17-13-7-3-4-8-14(13)19(22)16-15(17)10-9-11-5-1-2-6-12(11)18(16)21/h1-10H. The van der Waals surface area contributed by atoms with Gasteiger partial charge in [-0.05, 0) is 11.5 Å². The monoisotopic (exact) mass is 286 g/mol. The van der Waals surface area contributed by atoms with Crippen molar-refractivity contribution < 1.29 is 9.59 Å². The van der Waals surface area contributed by atoms with E-state index in [0.29, 0.717) is 21.9 Å². The Morgan fingerprint density at radius 1 is 0.545 bits per heavy atom. The van der Waals surface area contributed by atoms with Gasteiger partial charge in [-0.1, -0.05) is 54.6 Å². The first-order valence-electron chi connectivity index (χ1n) is 6.93. The molecule has 3 aromatic carbocycles. The van der Waals surface area contributed by atoms with Gasteiger partial charge in [0, 0.05) is 22.1 Å². The first kappa shape index (κ1) is 12.7. The summed E-state index contributed by atoms with van der Waals surface area (Å²) in [6.07, 6.45) is 0. The summed E-state index contributed by atoms with van der Waals surface area (Å²) < 4.78 is 0. The molecule has 3 heteroatoms. The fraction of sp³-hybridized carbons (Fsp3) is 0. The molecule has 0 heterocycles. The van der Waals surface area contributed by atoms with Crippen LogP contribution in [0, 0.1) is 0 Å². The fourth-order valence-corrected chi connectivity index (χ4v) is 2.94. The van der Waals surface area contributed by atoms with Crippen molar-refractivity contribution in [1.29, 1.82) is 0 Å². The first-order valence-corrected chi connectivity index (χ1v) is 6.93. The summed E-state index contributed by atoms with van der Waals surface area (Å²) in [6.45, 7) is 0. The van der Waals surface area contributed by atoms with Crippen LogP contribution in [0.2, 0.25) is 0 Å². The lowest BCUT2D eigenvalue weighted by molar-refractivity contribution is 0.0978. The summed E-state index contributed by atoms with van der Waals surface area (Å²) in [5, 5.41) is 1.16. The Labute approximate surface area is 125 Å². The molecule has 0 spiro atoms. The van der Waals surface area contributed by atoms with Gasteiger partial charge in [0.15, 0.2) is 17.0 Å². The van der Waals surface area contributed by atoms with Crippen LogP contribution in [0.4, 0.5) is 0 Å². The molecule has 0 saturated carbocycles. The number of benzene rings is 2. The normalized spacial score (nSPS) is 12.9. The van der Waals surface area contributed by atoms with Crippen molar-refractivity contribution in [3.05, 3.63) is 93.1 Å². The van der Waals surface area contributed by atoms with Crippen molar-refractivity contribution in [3.8, 4) is 0 Å². The van der Waals surface area contributed by atoms with Gasteiger partial charge in [0.2, 0.25) is 0 Å². The van der Waals surface area contributed by atoms with E-state index < -0.39 is 0 Å². The van der Waals surface area contributed by atoms with Gasteiger partial charge < -0.3 is 0 Å². The molecule has 0 N–H and O–H groups in total. The van der Waals surface area contributed by atoms with E-state index in [2.05, 4.69) is 0 Å². The van der Waals surface area contributed by atoms with Crippen LogP contribution in [0.1, 0.15) is 31.8 Å². The van der Waals surface area contributed by atoms with Crippen molar-refractivity contribution in [2.24, 2.45) is 0 Å². The lowest BCUT2D eigenvalue weighted by atomic mass is 9.85. The van der Waals surface area contributed by atoms with Crippen molar-refractivity contribution in [3.63, 3.8) is 0 Å². The van der Waals surface area contributed by atoms with Crippen LogP contribution in [0.15, 0.2) is 65.5 Å². The topological polar surface area (TPSA) is 51.2 Å². The summed E-state index contributed by atoms with van der Waals surface area (Å²) >= 11 is 0. The minimum atomic E-state index is -0.386. The van der Waals surface area contributed by atoms with E-state index in [4.69, 9.17) is 0 Å². The molecule has 0 aliphatic heterocycles. The molecule has 4 rings (SSSR count). The van der Waals surface area contributed by atoms with Crippen molar-refractivity contribution in [2.45, 2.75) is 0 Å². The van der Waals surface area contributed by atoms with Gasteiger partial charge in [-0.15, -0.1) is 0 Å². The molecule has 0 radical (unpaired) electrons. The minimum absolute atomic E-state index is 0.0232. The molecule has 3 nitrogen and oxygen atoms in total. The van der Waals surface area contributed by atoms with Gasteiger partial charge >= 0.3 is 0 Å². The lowest BCUT2D eigenvalue weighted by Gasteiger charge is -2.14. The molecule has 0 saturated heterocycles. The molecule has 0 unspecified atom stereocenters. The average Bonchev–Trinajstić information content (AvgIpc) is 2.70. The van der Waals surface area contributed by atoms with Crippen molar-refractivity contribution >= 4 is 22.3 Å². The van der Waals surface area contributed by atoms with Gasteiger partial charge in [0.25, 0.3) is 0 Å². The Morgan fingerprint density at radius 3 is 1.95 bits per heavy atom. The van der Waals surface area contributed by atoms with Crippen LogP contribution in [0.3, 0.4) is 0 Å². The third-order valence-corrected chi connectivity index (χ3v) is 4.02. The second-order valence-corrected chi connectivity index (χ2v) is 5.24. The molecule has 3 aromatic rings. The number of carbonyl (C=O) groups is 2. The van der Waals surface area contributed by atoms with E-state index in [1.807, 2.05) is 6.07 Å². The van der Waals surface area contributed by atoms with Gasteiger partial charge in [0.05, 0.1) is 5.56 Å². The zero-order valence-electron chi connectivity index (χ0n) is 11.5. The number of ketones is 2. The molecule has 0 amide bonds. The number of hydrogen-bond donors (Lipinski definition) is 0. The smallest absolute Gasteiger partial charge is 0.198 e. The SMILES string of the molecule is O=C1c2ccccc2C(=O)c2c1ccc1ccccc1c2=O. The van der Waals surface area contributed by atoms with Crippen molar-refractivity contribution in [1.82, 2.24) is 0 Å². The molecular formula is C19H10O3. The van der Waals surface area contributed by atoms with Crippen molar-refractivity contribution in [2.75, 3.05) is 0 Å². The highest BCUT2D eigenvalue weighted by molar-refractivity contribution is 6.28. The second kappa shape index (κ2) is 4.46. The summed E-state index contributed by atoms with van der Waals surface area (Å²) in [6, 6.07) is 17.0. The van der Waals surface area contributed by atoms with Crippen LogP contribution >= 0.6 is 0 Å². The van der Waals surface area contributed by atoms with E-state index >= 15 is 0 Å².